The standard InChI is InChI=1S/C21H27NO2S/c1-2-16-24-20-13-7-6-9-18(20)10-8-15-22-21(23)14-17-25-19-11-4-3-5-12-19/h3-7,9,11-13H,2,8,10,14-17H2,1H3,(H,22,23). The monoisotopic (exact) mass is 357 g/mol. The minimum absolute atomic E-state index is 0.124. The highest BCUT2D eigenvalue weighted by Gasteiger charge is 2.04. The van der Waals surface area contributed by atoms with Gasteiger partial charge in [0.1, 0.15) is 5.75 Å². The lowest BCUT2D eigenvalue weighted by molar-refractivity contribution is -0.120. The van der Waals surface area contributed by atoms with Gasteiger partial charge in [-0.15, -0.1) is 11.8 Å². The molecule has 3 nitrogen and oxygen atoms in total. The van der Waals surface area contributed by atoms with E-state index in [-0.39, 0.29) is 5.91 Å². The van der Waals surface area contributed by atoms with Crippen molar-refractivity contribution in [1.29, 1.82) is 0 Å². The molecule has 0 unspecified atom stereocenters. The molecule has 0 heterocycles. The van der Waals surface area contributed by atoms with Crippen LogP contribution >= 0.6 is 11.8 Å². The zero-order valence-electron chi connectivity index (χ0n) is 14.9. The Labute approximate surface area is 155 Å². The molecule has 25 heavy (non-hydrogen) atoms. The van der Waals surface area contributed by atoms with Gasteiger partial charge in [0.25, 0.3) is 0 Å². The van der Waals surface area contributed by atoms with Crippen LogP contribution in [0.15, 0.2) is 59.5 Å². The third kappa shape index (κ3) is 7.65. The average Bonchev–Trinajstić information content (AvgIpc) is 2.65. The number of ether oxygens (including phenoxy) is 1. The number of amides is 1. The fraction of sp³-hybridized carbons (Fsp3) is 0.381. The van der Waals surface area contributed by atoms with E-state index >= 15 is 0 Å². The summed E-state index contributed by atoms with van der Waals surface area (Å²) in [6.45, 7) is 3.55. The molecule has 0 spiro atoms. The van der Waals surface area contributed by atoms with Crippen molar-refractivity contribution < 1.29 is 9.53 Å². The van der Waals surface area contributed by atoms with Gasteiger partial charge >= 0.3 is 0 Å². The molecule has 2 aromatic rings. The molecule has 2 aromatic carbocycles. The highest BCUT2D eigenvalue weighted by Crippen LogP contribution is 2.20. The van der Waals surface area contributed by atoms with Gasteiger partial charge in [-0.25, -0.2) is 0 Å². The first kappa shape index (κ1) is 19.4. The van der Waals surface area contributed by atoms with Gasteiger partial charge in [0, 0.05) is 23.6 Å². The second kappa shape index (κ2) is 11.6. The molecule has 2 rings (SSSR count). The van der Waals surface area contributed by atoms with Crippen LogP contribution in [0.5, 0.6) is 5.75 Å². The molecule has 134 valence electrons. The quantitative estimate of drug-likeness (QED) is 0.468. The number of aryl methyl sites for hydroxylation is 1. The van der Waals surface area contributed by atoms with E-state index in [2.05, 4.69) is 30.4 Å². The summed E-state index contributed by atoms with van der Waals surface area (Å²) in [5.74, 6) is 1.90. The highest BCUT2D eigenvalue weighted by atomic mass is 32.2. The number of benzene rings is 2. The Morgan fingerprint density at radius 2 is 1.84 bits per heavy atom. The molecule has 0 aliphatic heterocycles. The lowest BCUT2D eigenvalue weighted by Gasteiger charge is -2.11. The predicted octanol–water partition coefficient (Wildman–Crippen LogP) is 4.71. The molecule has 0 radical (unpaired) electrons. The average molecular weight is 358 g/mol. The van der Waals surface area contributed by atoms with Crippen LogP contribution in [0.3, 0.4) is 0 Å². The molecule has 1 N–H and O–H groups in total. The summed E-state index contributed by atoms with van der Waals surface area (Å²) in [7, 11) is 0. The number of nitrogens with one attached hydrogen (secondary N) is 1. The summed E-state index contributed by atoms with van der Waals surface area (Å²) >= 11 is 1.72. The second-order valence-corrected chi connectivity index (χ2v) is 6.99. The van der Waals surface area contributed by atoms with E-state index in [4.69, 9.17) is 4.74 Å². The summed E-state index contributed by atoms with van der Waals surface area (Å²) in [6.07, 6.45) is 3.39. The van der Waals surface area contributed by atoms with Gasteiger partial charge in [0.05, 0.1) is 6.61 Å². The van der Waals surface area contributed by atoms with Crippen molar-refractivity contribution in [3.8, 4) is 5.75 Å². The van der Waals surface area contributed by atoms with Crippen molar-refractivity contribution >= 4 is 17.7 Å². The van der Waals surface area contributed by atoms with Crippen molar-refractivity contribution in [2.24, 2.45) is 0 Å². The summed E-state index contributed by atoms with van der Waals surface area (Å²) in [5, 5.41) is 3.01. The third-order valence-electron chi connectivity index (χ3n) is 3.72. The molecule has 0 aromatic heterocycles. The van der Waals surface area contributed by atoms with Crippen LogP contribution in [-0.4, -0.2) is 24.8 Å². The van der Waals surface area contributed by atoms with Gasteiger partial charge < -0.3 is 10.1 Å². The molecule has 0 atom stereocenters. The SMILES string of the molecule is CCCOc1ccccc1CCCNC(=O)CCSc1ccccc1. The van der Waals surface area contributed by atoms with Crippen molar-refractivity contribution in [1.82, 2.24) is 5.32 Å². The Balaban J connectivity index is 1.61. The number of rotatable bonds is 11. The normalized spacial score (nSPS) is 10.4. The molecule has 0 fully saturated rings. The van der Waals surface area contributed by atoms with E-state index in [0.717, 1.165) is 37.4 Å². The lowest BCUT2D eigenvalue weighted by Crippen LogP contribution is -2.25. The molecular formula is C21H27NO2S. The van der Waals surface area contributed by atoms with E-state index in [1.807, 2.05) is 36.4 Å². The van der Waals surface area contributed by atoms with E-state index in [1.54, 1.807) is 11.8 Å². The fourth-order valence-electron chi connectivity index (χ4n) is 2.44. The molecule has 0 bridgehead atoms. The fourth-order valence-corrected chi connectivity index (χ4v) is 3.31. The first-order valence-electron chi connectivity index (χ1n) is 8.95. The van der Waals surface area contributed by atoms with Gasteiger partial charge in [-0.2, -0.15) is 0 Å². The van der Waals surface area contributed by atoms with Crippen molar-refractivity contribution in [3.05, 3.63) is 60.2 Å². The third-order valence-corrected chi connectivity index (χ3v) is 4.73. The molecule has 0 saturated heterocycles. The van der Waals surface area contributed by atoms with Crippen molar-refractivity contribution in [3.63, 3.8) is 0 Å². The van der Waals surface area contributed by atoms with E-state index in [0.29, 0.717) is 13.0 Å². The smallest absolute Gasteiger partial charge is 0.220 e. The Kier molecular flexibility index (Phi) is 8.98. The van der Waals surface area contributed by atoms with Crippen LogP contribution in [0.25, 0.3) is 0 Å². The maximum absolute atomic E-state index is 11.9. The van der Waals surface area contributed by atoms with Crippen LogP contribution in [0.1, 0.15) is 31.7 Å². The Bertz CT molecular complexity index is 631. The molecule has 0 aliphatic carbocycles. The van der Waals surface area contributed by atoms with Gasteiger partial charge in [-0.3, -0.25) is 4.79 Å². The number of carbonyl (C=O) groups is 1. The van der Waals surface area contributed by atoms with E-state index in [9.17, 15) is 4.79 Å². The van der Waals surface area contributed by atoms with Gasteiger partial charge in [0.15, 0.2) is 0 Å². The van der Waals surface area contributed by atoms with Gasteiger partial charge in [-0.05, 0) is 43.0 Å². The van der Waals surface area contributed by atoms with Crippen LogP contribution < -0.4 is 10.1 Å². The van der Waals surface area contributed by atoms with Crippen LogP contribution in [0, 0.1) is 0 Å². The van der Waals surface area contributed by atoms with E-state index < -0.39 is 0 Å². The van der Waals surface area contributed by atoms with Gasteiger partial charge in [-0.1, -0.05) is 43.3 Å². The first-order chi connectivity index (χ1) is 12.3. The molecule has 4 heteroatoms. The largest absolute Gasteiger partial charge is 0.493 e. The van der Waals surface area contributed by atoms with Crippen molar-refractivity contribution in [2.45, 2.75) is 37.5 Å². The summed E-state index contributed by atoms with van der Waals surface area (Å²) < 4.78 is 5.77. The number of para-hydroxylation sites is 1. The summed E-state index contributed by atoms with van der Waals surface area (Å²) in [6, 6.07) is 18.3. The van der Waals surface area contributed by atoms with Crippen LogP contribution in [-0.2, 0) is 11.2 Å². The minimum Gasteiger partial charge on any atom is -0.493 e. The number of hydrogen-bond acceptors (Lipinski definition) is 3. The summed E-state index contributed by atoms with van der Waals surface area (Å²) in [5.41, 5.74) is 1.21. The minimum atomic E-state index is 0.124. The first-order valence-corrected chi connectivity index (χ1v) is 9.93. The highest BCUT2D eigenvalue weighted by molar-refractivity contribution is 7.99. The molecular weight excluding hydrogens is 330 g/mol. The van der Waals surface area contributed by atoms with Crippen LogP contribution in [0.2, 0.25) is 0 Å². The number of thioether (sulfide) groups is 1. The number of hydrogen-bond donors (Lipinski definition) is 1. The Hall–Kier alpha value is -1.94. The summed E-state index contributed by atoms with van der Waals surface area (Å²) in [4.78, 5) is 13.1. The zero-order chi connectivity index (χ0) is 17.7. The van der Waals surface area contributed by atoms with Crippen molar-refractivity contribution in [2.75, 3.05) is 18.9 Å². The topological polar surface area (TPSA) is 38.3 Å². The number of carbonyl (C=O) groups excluding carboxylic acids is 1. The Morgan fingerprint density at radius 3 is 2.64 bits per heavy atom. The maximum Gasteiger partial charge on any atom is 0.220 e. The Morgan fingerprint density at radius 1 is 1.08 bits per heavy atom. The van der Waals surface area contributed by atoms with Crippen LogP contribution in [0.4, 0.5) is 0 Å². The van der Waals surface area contributed by atoms with E-state index in [1.165, 1.54) is 10.5 Å². The lowest BCUT2D eigenvalue weighted by atomic mass is 10.1. The molecule has 0 aliphatic rings. The second-order valence-electron chi connectivity index (χ2n) is 5.82. The zero-order valence-corrected chi connectivity index (χ0v) is 15.7. The van der Waals surface area contributed by atoms with Gasteiger partial charge in [0.2, 0.25) is 5.91 Å². The molecule has 1 amide bonds. The molecule has 0 saturated carbocycles. The predicted molar refractivity (Wildman–Crippen MR) is 105 cm³/mol. The maximum atomic E-state index is 11.9.